The molecule has 2 aromatic rings. The van der Waals surface area contributed by atoms with Crippen LogP contribution in [0.3, 0.4) is 0 Å². The third-order valence-electron chi connectivity index (χ3n) is 5.10. The Morgan fingerprint density at radius 1 is 0.963 bits per heavy atom. The minimum Gasteiger partial charge on any atom is -0.339 e. The average molecular weight is 368 g/mol. The van der Waals surface area contributed by atoms with E-state index in [9.17, 15) is 14.0 Å². The predicted octanol–water partition coefficient (Wildman–Crippen LogP) is 3.36. The zero-order valence-corrected chi connectivity index (χ0v) is 15.9. The molecular formula is C22H25FN2O2. The molecule has 1 saturated heterocycles. The van der Waals surface area contributed by atoms with E-state index in [4.69, 9.17) is 0 Å². The van der Waals surface area contributed by atoms with Crippen molar-refractivity contribution in [2.45, 2.75) is 26.7 Å². The maximum absolute atomic E-state index is 13.3. The fourth-order valence-electron chi connectivity index (χ4n) is 3.49. The number of hydrogen-bond donors (Lipinski definition) is 0. The Morgan fingerprint density at radius 3 is 2.33 bits per heavy atom. The molecule has 2 amide bonds. The summed E-state index contributed by atoms with van der Waals surface area (Å²) in [4.78, 5) is 28.5. The van der Waals surface area contributed by atoms with Crippen LogP contribution in [0, 0.1) is 19.7 Å². The zero-order chi connectivity index (χ0) is 19.4. The highest BCUT2D eigenvalue weighted by molar-refractivity contribution is 5.94. The molecule has 0 unspecified atom stereocenters. The first-order chi connectivity index (χ1) is 12.9. The van der Waals surface area contributed by atoms with Crippen LogP contribution in [0.25, 0.3) is 0 Å². The molecule has 2 aromatic carbocycles. The van der Waals surface area contributed by atoms with Gasteiger partial charge in [-0.15, -0.1) is 0 Å². The molecule has 0 aromatic heterocycles. The summed E-state index contributed by atoms with van der Waals surface area (Å²) in [6.45, 7) is 6.13. The molecule has 0 saturated carbocycles. The van der Waals surface area contributed by atoms with Gasteiger partial charge in [-0.05, 0) is 49.6 Å². The minimum atomic E-state index is -0.416. The first-order valence-corrected chi connectivity index (χ1v) is 9.33. The molecular weight excluding hydrogens is 343 g/mol. The molecule has 4 nitrogen and oxygen atoms in total. The van der Waals surface area contributed by atoms with Crippen LogP contribution < -0.4 is 0 Å². The molecule has 1 aliphatic heterocycles. The Labute approximate surface area is 159 Å². The van der Waals surface area contributed by atoms with Gasteiger partial charge in [0.25, 0.3) is 5.91 Å². The van der Waals surface area contributed by atoms with Crippen LogP contribution in [0.15, 0.2) is 42.5 Å². The Bertz CT molecular complexity index is 842. The van der Waals surface area contributed by atoms with Gasteiger partial charge in [-0.1, -0.05) is 29.8 Å². The number of carbonyl (C=O) groups is 2. The van der Waals surface area contributed by atoms with Crippen molar-refractivity contribution in [3.05, 3.63) is 70.5 Å². The second kappa shape index (κ2) is 8.33. The molecule has 1 aliphatic rings. The number of benzene rings is 2. The van der Waals surface area contributed by atoms with E-state index < -0.39 is 5.82 Å². The predicted molar refractivity (Wildman–Crippen MR) is 103 cm³/mol. The second-order valence-corrected chi connectivity index (χ2v) is 7.11. The minimum absolute atomic E-state index is 0.118. The lowest BCUT2D eigenvalue weighted by Crippen LogP contribution is -2.50. The molecule has 0 radical (unpaired) electrons. The third kappa shape index (κ3) is 4.73. The standard InChI is InChI=1S/C22H25FN2O2/c1-16-6-7-18(17(2)14-16)8-9-21(26)24-10-12-25(13-11-24)22(27)19-4-3-5-20(23)15-19/h3-7,14-15H,8-13H2,1-2H3. The topological polar surface area (TPSA) is 40.6 Å². The molecule has 1 fully saturated rings. The van der Waals surface area contributed by atoms with Gasteiger partial charge < -0.3 is 9.80 Å². The lowest BCUT2D eigenvalue weighted by molar-refractivity contribution is -0.132. The van der Waals surface area contributed by atoms with E-state index in [1.54, 1.807) is 11.0 Å². The molecule has 142 valence electrons. The average Bonchev–Trinajstić information content (AvgIpc) is 2.66. The summed E-state index contributed by atoms with van der Waals surface area (Å²) >= 11 is 0. The maximum Gasteiger partial charge on any atom is 0.254 e. The van der Waals surface area contributed by atoms with Crippen LogP contribution in [-0.4, -0.2) is 47.8 Å². The highest BCUT2D eigenvalue weighted by atomic mass is 19.1. The fourth-order valence-corrected chi connectivity index (χ4v) is 3.49. The summed E-state index contributed by atoms with van der Waals surface area (Å²) in [5.74, 6) is -0.481. The lowest BCUT2D eigenvalue weighted by Gasteiger charge is -2.35. The highest BCUT2D eigenvalue weighted by Gasteiger charge is 2.24. The van der Waals surface area contributed by atoms with Gasteiger partial charge in [0, 0.05) is 38.2 Å². The number of aryl methyl sites for hydroxylation is 3. The molecule has 1 heterocycles. The molecule has 0 spiro atoms. The van der Waals surface area contributed by atoms with Gasteiger partial charge in [0.15, 0.2) is 0 Å². The van der Waals surface area contributed by atoms with Crippen LogP contribution in [-0.2, 0) is 11.2 Å². The van der Waals surface area contributed by atoms with Gasteiger partial charge in [-0.3, -0.25) is 9.59 Å². The van der Waals surface area contributed by atoms with E-state index in [-0.39, 0.29) is 11.8 Å². The summed E-state index contributed by atoms with van der Waals surface area (Å²) in [5, 5.41) is 0. The maximum atomic E-state index is 13.3. The summed E-state index contributed by atoms with van der Waals surface area (Å²) in [7, 11) is 0. The molecule has 0 aliphatic carbocycles. The van der Waals surface area contributed by atoms with Crippen molar-refractivity contribution in [3.63, 3.8) is 0 Å². The summed E-state index contributed by atoms with van der Waals surface area (Å²) in [6, 6.07) is 12.0. The number of nitrogens with zero attached hydrogens (tertiary/aromatic N) is 2. The van der Waals surface area contributed by atoms with Gasteiger partial charge in [0.1, 0.15) is 5.82 Å². The van der Waals surface area contributed by atoms with E-state index in [1.165, 1.54) is 34.9 Å². The van der Waals surface area contributed by atoms with Gasteiger partial charge >= 0.3 is 0 Å². The number of carbonyl (C=O) groups excluding carboxylic acids is 2. The van der Waals surface area contributed by atoms with E-state index in [0.29, 0.717) is 38.2 Å². The lowest BCUT2D eigenvalue weighted by atomic mass is 10.0. The summed E-state index contributed by atoms with van der Waals surface area (Å²) < 4.78 is 13.3. The Hall–Kier alpha value is -2.69. The van der Waals surface area contributed by atoms with Crippen LogP contribution >= 0.6 is 0 Å². The van der Waals surface area contributed by atoms with Crippen LogP contribution in [0.1, 0.15) is 33.5 Å². The van der Waals surface area contributed by atoms with E-state index in [0.717, 1.165) is 6.42 Å². The Kier molecular flexibility index (Phi) is 5.89. The van der Waals surface area contributed by atoms with E-state index in [2.05, 4.69) is 32.0 Å². The van der Waals surface area contributed by atoms with Gasteiger partial charge in [0.2, 0.25) is 5.91 Å². The van der Waals surface area contributed by atoms with Crippen LogP contribution in [0.2, 0.25) is 0 Å². The van der Waals surface area contributed by atoms with Gasteiger partial charge in [0.05, 0.1) is 0 Å². The van der Waals surface area contributed by atoms with E-state index >= 15 is 0 Å². The highest BCUT2D eigenvalue weighted by Crippen LogP contribution is 2.15. The van der Waals surface area contributed by atoms with Crippen molar-refractivity contribution in [1.29, 1.82) is 0 Å². The van der Waals surface area contributed by atoms with E-state index in [1.807, 2.05) is 4.90 Å². The molecule has 0 N–H and O–H groups in total. The smallest absolute Gasteiger partial charge is 0.254 e. The zero-order valence-electron chi connectivity index (χ0n) is 15.9. The summed E-state index contributed by atoms with van der Waals surface area (Å²) in [5.41, 5.74) is 3.99. The third-order valence-corrected chi connectivity index (χ3v) is 5.10. The van der Waals surface area contributed by atoms with Gasteiger partial charge in [-0.25, -0.2) is 4.39 Å². The van der Waals surface area contributed by atoms with Crippen molar-refractivity contribution >= 4 is 11.8 Å². The largest absolute Gasteiger partial charge is 0.339 e. The fraction of sp³-hybridized carbons (Fsp3) is 0.364. The SMILES string of the molecule is Cc1ccc(CCC(=O)N2CCN(C(=O)c3cccc(F)c3)CC2)c(C)c1. The first kappa shape index (κ1) is 19.1. The molecule has 5 heteroatoms. The van der Waals surface area contributed by atoms with Crippen molar-refractivity contribution in [2.75, 3.05) is 26.2 Å². The number of piperazine rings is 1. The number of halogens is 1. The van der Waals surface area contributed by atoms with Gasteiger partial charge in [-0.2, -0.15) is 0 Å². The molecule has 0 bridgehead atoms. The van der Waals surface area contributed by atoms with Crippen molar-refractivity contribution < 1.29 is 14.0 Å². The molecule has 3 rings (SSSR count). The summed E-state index contributed by atoms with van der Waals surface area (Å²) in [6.07, 6.45) is 1.20. The Balaban J connectivity index is 1.51. The van der Waals surface area contributed by atoms with Crippen molar-refractivity contribution in [1.82, 2.24) is 9.80 Å². The van der Waals surface area contributed by atoms with Crippen LogP contribution in [0.5, 0.6) is 0 Å². The number of hydrogen-bond acceptors (Lipinski definition) is 2. The number of amides is 2. The van der Waals surface area contributed by atoms with Crippen LogP contribution in [0.4, 0.5) is 4.39 Å². The monoisotopic (exact) mass is 368 g/mol. The number of rotatable bonds is 4. The second-order valence-electron chi connectivity index (χ2n) is 7.11. The molecule has 27 heavy (non-hydrogen) atoms. The van der Waals surface area contributed by atoms with Crippen molar-refractivity contribution in [2.24, 2.45) is 0 Å². The van der Waals surface area contributed by atoms with Crippen molar-refractivity contribution in [3.8, 4) is 0 Å². The molecule has 0 atom stereocenters. The Morgan fingerprint density at radius 2 is 1.67 bits per heavy atom. The quantitative estimate of drug-likeness (QED) is 0.830. The first-order valence-electron chi connectivity index (χ1n) is 9.33. The normalized spacial score (nSPS) is 14.3.